The second kappa shape index (κ2) is 9.70. The summed E-state index contributed by atoms with van der Waals surface area (Å²) in [7, 11) is 0. The number of ether oxygens (including phenoxy) is 2. The van der Waals surface area contributed by atoms with Gasteiger partial charge in [-0.2, -0.15) is 0 Å². The molecule has 2 heterocycles. The molecule has 0 spiro atoms. The molecule has 3 rings (SSSR count). The molecule has 2 fully saturated rings. The fourth-order valence-corrected chi connectivity index (χ4v) is 4.46. The zero-order valence-electron chi connectivity index (χ0n) is 15.1. The number of carbonyl (C=O) groups is 3. The number of hydrogen-bond donors (Lipinski definition) is 1. The fourth-order valence-electron chi connectivity index (χ4n) is 2.69. The lowest BCUT2D eigenvalue weighted by atomic mass is 10.2. The molecule has 2 aliphatic heterocycles. The van der Waals surface area contributed by atoms with Gasteiger partial charge in [-0.25, -0.2) is 0 Å². The molecule has 1 aromatic rings. The first-order valence-electron chi connectivity index (χ1n) is 8.60. The topological polar surface area (TPSA) is 96.4 Å². The van der Waals surface area contributed by atoms with Crippen LogP contribution >= 0.6 is 39.9 Å². The second-order valence-corrected chi connectivity index (χ2v) is 8.66. The number of halogens is 1. The highest BCUT2D eigenvalue weighted by atomic mass is 79.9. The maximum Gasteiger partial charge on any atom is 0.323 e. The number of thiocarbonyl (C=S) groups is 1. The Morgan fingerprint density at radius 3 is 2.72 bits per heavy atom. The standard InChI is InChI=1S/C18H17BrN2O6S2/c19-12-7-11(8-14-17(25)21(9-16(23)24)18(28)29-14)1-2-13(12)27-10-15(22)20-3-5-26-6-4-20/h1-2,7-8H,3-6,9-10H2,(H,23,24)/b14-8+. The smallest absolute Gasteiger partial charge is 0.323 e. The molecule has 2 aliphatic rings. The summed E-state index contributed by atoms with van der Waals surface area (Å²) >= 11 is 9.55. The summed E-state index contributed by atoms with van der Waals surface area (Å²) in [4.78, 5) is 38.5. The van der Waals surface area contributed by atoms with Crippen LogP contribution in [0.2, 0.25) is 0 Å². The molecule has 29 heavy (non-hydrogen) atoms. The van der Waals surface area contributed by atoms with E-state index < -0.39 is 18.4 Å². The van der Waals surface area contributed by atoms with E-state index in [0.29, 0.717) is 47.0 Å². The number of carboxylic acid groups (broad SMARTS) is 1. The zero-order chi connectivity index (χ0) is 21.0. The molecule has 0 atom stereocenters. The molecule has 1 N–H and O–H groups in total. The van der Waals surface area contributed by atoms with Crippen molar-refractivity contribution in [3.05, 3.63) is 33.1 Å². The van der Waals surface area contributed by atoms with Crippen molar-refractivity contribution in [2.45, 2.75) is 0 Å². The normalized spacial score (nSPS) is 18.4. The Hall–Kier alpha value is -1.95. The molecule has 154 valence electrons. The van der Waals surface area contributed by atoms with Crippen molar-refractivity contribution < 1.29 is 29.0 Å². The van der Waals surface area contributed by atoms with Gasteiger partial charge in [-0.1, -0.05) is 30.0 Å². The Kier molecular flexibility index (Phi) is 7.28. The number of nitrogens with zero attached hydrogens (tertiary/aromatic N) is 2. The van der Waals surface area contributed by atoms with Crippen LogP contribution in [0.25, 0.3) is 6.08 Å². The van der Waals surface area contributed by atoms with Crippen molar-refractivity contribution in [3.8, 4) is 5.75 Å². The SMILES string of the molecule is O=C(O)CN1C(=O)/C(=C\c2ccc(OCC(=O)N3CCOCC3)c(Br)c2)SC1=S. The highest BCUT2D eigenvalue weighted by molar-refractivity contribution is 9.10. The summed E-state index contributed by atoms with van der Waals surface area (Å²) in [5, 5.41) is 8.89. The van der Waals surface area contributed by atoms with Crippen LogP contribution in [0, 0.1) is 0 Å². The highest BCUT2D eigenvalue weighted by Gasteiger charge is 2.33. The molecule has 8 nitrogen and oxygen atoms in total. The number of carbonyl (C=O) groups excluding carboxylic acids is 2. The molecule has 0 aromatic heterocycles. The summed E-state index contributed by atoms with van der Waals surface area (Å²) in [6.07, 6.45) is 1.63. The molecule has 0 bridgehead atoms. The monoisotopic (exact) mass is 500 g/mol. The van der Waals surface area contributed by atoms with Gasteiger partial charge in [0.2, 0.25) is 0 Å². The van der Waals surface area contributed by atoms with E-state index in [1.165, 1.54) is 0 Å². The highest BCUT2D eigenvalue weighted by Crippen LogP contribution is 2.34. The molecule has 0 saturated carbocycles. The quantitative estimate of drug-likeness (QED) is 0.467. The van der Waals surface area contributed by atoms with Gasteiger partial charge in [0.25, 0.3) is 11.8 Å². The van der Waals surface area contributed by atoms with Crippen molar-refractivity contribution in [1.82, 2.24) is 9.80 Å². The third-order valence-corrected chi connectivity index (χ3v) is 6.13. The summed E-state index contributed by atoms with van der Waals surface area (Å²) < 4.78 is 11.7. The number of thioether (sulfide) groups is 1. The molecule has 0 unspecified atom stereocenters. The van der Waals surface area contributed by atoms with Gasteiger partial charge in [-0.05, 0) is 39.7 Å². The number of rotatable bonds is 6. The average Bonchev–Trinajstić information content (AvgIpc) is 2.95. The fraction of sp³-hybridized carbons (Fsp3) is 0.333. The summed E-state index contributed by atoms with van der Waals surface area (Å²) in [6, 6.07) is 5.18. The Morgan fingerprint density at radius 2 is 2.07 bits per heavy atom. The average molecular weight is 501 g/mol. The van der Waals surface area contributed by atoms with Crippen LogP contribution in [0.5, 0.6) is 5.75 Å². The Bertz CT molecular complexity index is 885. The van der Waals surface area contributed by atoms with Crippen molar-refractivity contribution in [2.24, 2.45) is 0 Å². The Morgan fingerprint density at radius 1 is 1.34 bits per heavy atom. The van der Waals surface area contributed by atoms with E-state index in [-0.39, 0.29) is 16.8 Å². The van der Waals surface area contributed by atoms with E-state index in [2.05, 4.69) is 15.9 Å². The first kappa shape index (κ1) is 21.8. The van der Waals surface area contributed by atoms with Crippen molar-refractivity contribution in [3.63, 3.8) is 0 Å². The number of morpholine rings is 1. The van der Waals surface area contributed by atoms with E-state index in [1.54, 1.807) is 29.2 Å². The second-order valence-electron chi connectivity index (χ2n) is 6.13. The molecule has 0 radical (unpaired) electrons. The molecule has 2 amide bonds. The van der Waals surface area contributed by atoms with Crippen LogP contribution in [0.4, 0.5) is 0 Å². The van der Waals surface area contributed by atoms with Crippen molar-refractivity contribution in [2.75, 3.05) is 39.5 Å². The van der Waals surface area contributed by atoms with Gasteiger partial charge >= 0.3 is 5.97 Å². The van der Waals surface area contributed by atoms with Crippen molar-refractivity contribution in [1.29, 1.82) is 0 Å². The van der Waals surface area contributed by atoms with Gasteiger partial charge < -0.3 is 19.5 Å². The first-order valence-corrected chi connectivity index (χ1v) is 10.6. The number of hydrogen-bond acceptors (Lipinski definition) is 7. The van der Waals surface area contributed by atoms with Gasteiger partial charge in [-0.15, -0.1) is 0 Å². The Labute approximate surface area is 184 Å². The van der Waals surface area contributed by atoms with E-state index in [9.17, 15) is 14.4 Å². The Balaban J connectivity index is 1.64. The van der Waals surface area contributed by atoms with Gasteiger partial charge in [0.15, 0.2) is 6.61 Å². The number of aliphatic carboxylic acids is 1. The summed E-state index contributed by atoms with van der Waals surface area (Å²) in [5.41, 5.74) is 0.708. The number of carboxylic acids is 1. The van der Waals surface area contributed by atoms with E-state index in [0.717, 1.165) is 16.7 Å². The minimum absolute atomic E-state index is 0.0776. The lowest BCUT2D eigenvalue weighted by Crippen LogP contribution is -2.43. The third-order valence-electron chi connectivity index (χ3n) is 4.14. The van der Waals surface area contributed by atoms with Gasteiger partial charge in [0, 0.05) is 13.1 Å². The first-order chi connectivity index (χ1) is 13.8. The number of amides is 2. The molecule has 2 saturated heterocycles. The lowest BCUT2D eigenvalue weighted by molar-refractivity contribution is -0.140. The largest absolute Gasteiger partial charge is 0.483 e. The van der Waals surface area contributed by atoms with Crippen LogP contribution < -0.4 is 4.74 Å². The molecular weight excluding hydrogens is 484 g/mol. The van der Waals surface area contributed by atoms with E-state index >= 15 is 0 Å². The predicted molar refractivity (Wildman–Crippen MR) is 115 cm³/mol. The van der Waals surface area contributed by atoms with E-state index in [4.69, 9.17) is 26.8 Å². The van der Waals surface area contributed by atoms with Gasteiger partial charge in [0.1, 0.15) is 16.6 Å². The minimum Gasteiger partial charge on any atom is -0.483 e. The lowest BCUT2D eigenvalue weighted by Gasteiger charge is -2.26. The van der Waals surface area contributed by atoms with Crippen LogP contribution in [0.1, 0.15) is 5.56 Å². The van der Waals surface area contributed by atoms with Crippen LogP contribution in [-0.2, 0) is 19.1 Å². The van der Waals surface area contributed by atoms with E-state index in [1.807, 2.05) is 0 Å². The third kappa shape index (κ3) is 5.56. The maximum atomic E-state index is 12.3. The minimum atomic E-state index is -1.13. The van der Waals surface area contributed by atoms with Gasteiger partial charge in [-0.3, -0.25) is 19.3 Å². The molecule has 11 heteroatoms. The number of benzene rings is 1. The van der Waals surface area contributed by atoms with Crippen molar-refractivity contribution >= 4 is 68.1 Å². The van der Waals surface area contributed by atoms with Crippen LogP contribution in [0.3, 0.4) is 0 Å². The molecule has 1 aromatic carbocycles. The molecule has 0 aliphatic carbocycles. The maximum absolute atomic E-state index is 12.3. The summed E-state index contributed by atoms with van der Waals surface area (Å²) in [6.45, 7) is 1.64. The van der Waals surface area contributed by atoms with Crippen LogP contribution in [0.15, 0.2) is 27.6 Å². The van der Waals surface area contributed by atoms with Gasteiger partial charge in [0.05, 0.1) is 22.6 Å². The zero-order valence-corrected chi connectivity index (χ0v) is 18.3. The predicted octanol–water partition coefficient (Wildman–Crippen LogP) is 1.97. The molecular formula is C18H17BrN2O6S2. The summed E-state index contributed by atoms with van der Waals surface area (Å²) in [5.74, 6) is -1.16. The van der Waals surface area contributed by atoms with Crippen LogP contribution in [-0.4, -0.2) is 76.5 Å².